The fraction of sp³-hybridized carbons (Fsp3) is 0.286. The van der Waals surface area contributed by atoms with Crippen LogP contribution in [0.15, 0.2) is 66.7 Å². The molecule has 1 aromatic heterocycles. The van der Waals surface area contributed by atoms with Crippen LogP contribution in [0.5, 0.6) is 0 Å². The van der Waals surface area contributed by atoms with E-state index in [9.17, 15) is 4.79 Å². The van der Waals surface area contributed by atoms with Crippen molar-refractivity contribution in [1.29, 1.82) is 5.41 Å². The van der Waals surface area contributed by atoms with E-state index in [1.54, 1.807) is 0 Å². The number of aromatic nitrogens is 1. The molecule has 1 amide bonds. The van der Waals surface area contributed by atoms with Gasteiger partial charge in [-0.3, -0.25) is 10.2 Å². The van der Waals surface area contributed by atoms with Crippen molar-refractivity contribution in [3.05, 3.63) is 83.6 Å². The molecule has 1 fully saturated rings. The van der Waals surface area contributed by atoms with Crippen molar-refractivity contribution in [1.82, 2.24) is 9.47 Å². The second-order valence-corrected chi connectivity index (χ2v) is 9.15. The third-order valence-electron chi connectivity index (χ3n) is 7.09. The van der Waals surface area contributed by atoms with Crippen LogP contribution in [0.4, 0.5) is 0 Å². The van der Waals surface area contributed by atoms with Crippen molar-refractivity contribution in [2.24, 2.45) is 5.73 Å². The van der Waals surface area contributed by atoms with Crippen LogP contribution in [-0.4, -0.2) is 34.3 Å². The quantitative estimate of drug-likeness (QED) is 0.317. The van der Waals surface area contributed by atoms with Crippen LogP contribution in [0.2, 0.25) is 0 Å². The number of benzene rings is 3. The van der Waals surface area contributed by atoms with Gasteiger partial charge in [0, 0.05) is 36.1 Å². The second kappa shape index (κ2) is 8.74. The Hall–Kier alpha value is -3.60. The lowest BCUT2D eigenvalue weighted by molar-refractivity contribution is 0.0686. The number of hydrogen-bond donors (Lipinski definition) is 2. The highest BCUT2D eigenvalue weighted by Crippen LogP contribution is 2.28. The lowest BCUT2D eigenvalue weighted by atomic mass is 9.94. The van der Waals surface area contributed by atoms with E-state index in [0.29, 0.717) is 23.8 Å². The molecule has 0 atom stereocenters. The average molecular weight is 439 g/mol. The van der Waals surface area contributed by atoms with Gasteiger partial charge in [0.05, 0.1) is 0 Å². The van der Waals surface area contributed by atoms with Gasteiger partial charge >= 0.3 is 0 Å². The van der Waals surface area contributed by atoms with E-state index in [1.807, 2.05) is 42.3 Å². The summed E-state index contributed by atoms with van der Waals surface area (Å²) in [5.41, 5.74) is 9.23. The van der Waals surface area contributed by atoms with E-state index in [0.717, 1.165) is 29.3 Å². The molecular weight excluding hydrogens is 408 g/mol. The van der Waals surface area contributed by atoms with E-state index in [4.69, 9.17) is 11.1 Å². The number of fused-ring (bicyclic) bond motifs is 2. The number of nitrogen functional groups attached to an aromatic ring is 1. The zero-order valence-corrected chi connectivity index (χ0v) is 19.1. The molecule has 0 unspecified atom stereocenters. The SMILES string of the molecule is CN(C(=O)c1cc2ccc(C(=N)N)cc2n1Cc1cccc2ccccc12)C1CCCCC1. The first kappa shape index (κ1) is 21.3. The highest BCUT2D eigenvalue weighted by Gasteiger charge is 2.26. The molecule has 3 aromatic carbocycles. The number of nitrogens with zero attached hydrogens (tertiary/aromatic N) is 2. The zero-order chi connectivity index (χ0) is 22.9. The second-order valence-electron chi connectivity index (χ2n) is 9.15. The van der Waals surface area contributed by atoms with Gasteiger partial charge in [0.15, 0.2) is 0 Å². The van der Waals surface area contributed by atoms with Gasteiger partial charge in [-0.05, 0) is 41.3 Å². The molecule has 1 aliphatic carbocycles. The molecule has 0 aliphatic heterocycles. The van der Waals surface area contributed by atoms with Crippen LogP contribution in [0.25, 0.3) is 21.7 Å². The molecular formula is C28H30N4O. The van der Waals surface area contributed by atoms with E-state index in [-0.39, 0.29) is 11.7 Å². The van der Waals surface area contributed by atoms with Crippen molar-refractivity contribution in [3.8, 4) is 0 Å². The summed E-state index contributed by atoms with van der Waals surface area (Å²) in [4.78, 5) is 15.7. The summed E-state index contributed by atoms with van der Waals surface area (Å²) < 4.78 is 2.10. The van der Waals surface area contributed by atoms with Crippen LogP contribution in [-0.2, 0) is 6.54 Å². The van der Waals surface area contributed by atoms with Crippen molar-refractivity contribution < 1.29 is 4.79 Å². The normalized spacial score (nSPS) is 14.6. The summed E-state index contributed by atoms with van der Waals surface area (Å²) >= 11 is 0. The largest absolute Gasteiger partial charge is 0.384 e. The van der Waals surface area contributed by atoms with Gasteiger partial charge < -0.3 is 15.2 Å². The van der Waals surface area contributed by atoms with Crippen molar-refractivity contribution in [3.63, 3.8) is 0 Å². The number of nitrogens with two attached hydrogens (primary N) is 1. The van der Waals surface area contributed by atoms with Gasteiger partial charge in [-0.2, -0.15) is 0 Å². The third kappa shape index (κ3) is 3.99. The first-order chi connectivity index (χ1) is 16.0. The van der Waals surface area contributed by atoms with Gasteiger partial charge in [-0.25, -0.2) is 0 Å². The molecule has 3 N–H and O–H groups in total. The number of carbonyl (C=O) groups is 1. The summed E-state index contributed by atoms with van der Waals surface area (Å²) in [6, 6.07) is 22.7. The Morgan fingerprint density at radius 1 is 1.00 bits per heavy atom. The minimum atomic E-state index is 0.0296. The molecule has 0 radical (unpaired) electrons. The van der Waals surface area contributed by atoms with Gasteiger partial charge in [0.2, 0.25) is 0 Å². The molecule has 5 rings (SSSR count). The Kier molecular flexibility index (Phi) is 5.63. The van der Waals surface area contributed by atoms with Crippen LogP contribution in [0, 0.1) is 5.41 Å². The fourth-order valence-electron chi connectivity index (χ4n) is 5.19. The molecule has 168 valence electrons. The van der Waals surface area contributed by atoms with Gasteiger partial charge in [-0.1, -0.05) is 73.9 Å². The number of carbonyl (C=O) groups excluding carboxylic acids is 1. The monoisotopic (exact) mass is 438 g/mol. The Morgan fingerprint density at radius 3 is 2.55 bits per heavy atom. The third-order valence-corrected chi connectivity index (χ3v) is 7.09. The zero-order valence-electron chi connectivity index (χ0n) is 19.1. The molecule has 1 heterocycles. The maximum Gasteiger partial charge on any atom is 0.270 e. The lowest BCUT2D eigenvalue weighted by Gasteiger charge is -2.31. The molecule has 1 saturated carbocycles. The van der Waals surface area contributed by atoms with Crippen molar-refractivity contribution >= 4 is 33.4 Å². The van der Waals surface area contributed by atoms with Crippen LogP contribution in [0.3, 0.4) is 0 Å². The summed E-state index contributed by atoms with van der Waals surface area (Å²) in [5, 5.41) is 11.3. The van der Waals surface area contributed by atoms with Crippen LogP contribution < -0.4 is 5.73 Å². The van der Waals surface area contributed by atoms with E-state index < -0.39 is 0 Å². The number of amidine groups is 1. The Balaban J connectivity index is 1.63. The van der Waals surface area contributed by atoms with E-state index in [1.165, 1.54) is 30.0 Å². The molecule has 5 heteroatoms. The van der Waals surface area contributed by atoms with E-state index in [2.05, 4.69) is 41.0 Å². The summed E-state index contributed by atoms with van der Waals surface area (Å²) in [6.45, 7) is 0.575. The minimum Gasteiger partial charge on any atom is -0.384 e. The minimum absolute atomic E-state index is 0.0296. The van der Waals surface area contributed by atoms with Crippen LogP contribution >= 0.6 is 0 Å². The Labute approximate surface area is 194 Å². The molecule has 1 aliphatic rings. The summed E-state index contributed by atoms with van der Waals surface area (Å²) in [5.74, 6) is 0.0877. The summed E-state index contributed by atoms with van der Waals surface area (Å²) in [6.07, 6.45) is 5.76. The van der Waals surface area contributed by atoms with Gasteiger partial charge in [0.25, 0.3) is 5.91 Å². The maximum absolute atomic E-state index is 13.7. The Bertz CT molecular complexity index is 1340. The smallest absolute Gasteiger partial charge is 0.270 e. The first-order valence-corrected chi connectivity index (χ1v) is 11.7. The molecule has 33 heavy (non-hydrogen) atoms. The van der Waals surface area contributed by atoms with Crippen LogP contribution in [0.1, 0.15) is 53.7 Å². The molecule has 4 aromatic rings. The van der Waals surface area contributed by atoms with Gasteiger partial charge in [0.1, 0.15) is 11.5 Å². The number of rotatable bonds is 5. The average Bonchev–Trinajstić information content (AvgIpc) is 3.21. The highest BCUT2D eigenvalue weighted by molar-refractivity contribution is 6.02. The summed E-state index contributed by atoms with van der Waals surface area (Å²) in [7, 11) is 1.94. The molecule has 0 bridgehead atoms. The molecule has 0 spiro atoms. The van der Waals surface area contributed by atoms with Crippen molar-refractivity contribution in [2.75, 3.05) is 7.05 Å². The Morgan fingerprint density at radius 2 is 1.76 bits per heavy atom. The lowest BCUT2D eigenvalue weighted by Crippen LogP contribution is -2.39. The number of hydrogen-bond acceptors (Lipinski definition) is 2. The molecule has 0 saturated heterocycles. The predicted octanol–water partition coefficient (Wildman–Crippen LogP) is 5.53. The van der Waals surface area contributed by atoms with Gasteiger partial charge in [-0.15, -0.1) is 0 Å². The van der Waals surface area contributed by atoms with Crippen molar-refractivity contribution in [2.45, 2.75) is 44.7 Å². The predicted molar refractivity (Wildman–Crippen MR) is 135 cm³/mol. The van der Waals surface area contributed by atoms with E-state index >= 15 is 0 Å². The number of nitrogens with one attached hydrogen (secondary N) is 1. The highest BCUT2D eigenvalue weighted by atomic mass is 16.2. The molecule has 5 nitrogen and oxygen atoms in total. The number of amides is 1. The topological polar surface area (TPSA) is 75.1 Å². The first-order valence-electron chi connectivity index (χ1n) is 11.7. The fourth-order valence-corrected chi connectivity index (χ4v) is 5.19. The maximum atomic E-state index is 13.7. The standard InChI is InChI=1S/C28H30N4O/c1-31(23-11-3-2-4-12-23)28(33)26-16-20-14-15-21(27(29)30)17-25(20)32(26)18-22-10-7-9-19-8-5-6-13-24(19)22/h5-10,13-17,23H,2-4,11-12,18H2,1H3,(H3,29,30).